The number of hydrogen-bond donors (Lipinski definition) is 1. The predicted molar refractivity (Wildman–Crippen MR) is 99.1 cm³/mol. The summed E-state index contributed by atoms with van der Waals surface area (Å²) in [6, 6.07) is 21.8. The zero-order chi connectivity index (χ0) is 16.8. The predicted octanol–water partition coefficient (Wildman–Crippen LogP) is 4.40. The molecule has 3 nitrogen and oxygen atoms in total. The molecule has 0 bridgehead atoms. The van der Waals surface area contributed by atoms with E-state index in [1.807, 2.05) is 60.9 Å². The van der Waals surface area contributed by atoms with E-state index in [9.17, 15) is 4.79 Å². The molecule has 0 spiro atoms. The van der Waals surface area contributed by atoms with Gasteiger partial charge in [-0.3, -0.25) is 9.78 Å². The Hall–Kier alpha value is -2.59. The van der Waals surface area contributed by atoms with E-state index < -0.39 is 0 Å². The third-order valence-corrected chi connectivity index (χ3v) is 4.45. The van der Waals surface area contributed by atoms with E-state index in [0.29, 0.717) is 12.1 Å². The van der Waals surface area contributed by atoms with Crippen molar-refractivity contribution in [3.63, 3.8) is 0 Å². The Kier molecular flexibility index (Phi) is 5.29. The number of pyridine rings is 1. The van der Waals surface area contributed by atoms with Crippen LogP contribution in [0.2, 0.25) is 0 Å². The van der Waals surface area contributed by atoms with Gasteiger partial charge in [0.2, 0.25) is 0 Å². The molecule has 1 heterocycles. The van der Waals surface area contributed by atoms with Crippen LogP contribution < -0.4 is 5.32 Å². The molecule has 1 aromatic heterocycles. The molecule has 0 atom stereocenters. The third kappa shape index (κ3) is 4.03. The Balaban J connectivity index is 1.62. The topological polar surface area (TPSA) is 42.0 Å². The first kappa shape index (κ1) is 16.3. The summed E-state index contributed by atoms with van der Waals surface area (Å²) in [4.78, 5) is 17.8. The lowest BCUT2D eigenvalue weighted by atomic mass is 10.1. The maximum absolute atomic E-state index is 12.2. The summed E-state index contributed by atoms with van der Waals surface area (Å²) >= 11 is 1.70. The fraction of sp³-hybridized carbons (Fsp3) is 0.100. The smallest absolute Gasteiger partial charge is 0.253 e. The Labute approximate surface area is 146 Å². The molecular formula is C20H18N2OS. The van der Waals surface area contributed by atoms with Gasteiger partial charge in [0.05, 0.1) is 11.3 Å². The standard InChI is InChI=1S/C20H18N2OS/c1-24-18-10-7-15(8-11-18)13-22-20(23)17-9-12-19(21-14-17)16-5-3-2-4-6-16/h2-12,14H,13H2,1H3,(H,22,23). The van der Waals surface area contributed by atoms with E-state index in [4.69, 9.17) is 0 Å². The van der Waals surface area contributed by atoms with Crippen molar-refractivity contribution < 1.29 is 4.79 Å². The van der Waals surface area contributed by atoms with E-state index >= 15 is 0 Å². The number of hydrogen-bond acceptors (Lipinski definition) is 3. The van der Waals surface area contributed by atoms with Gasteiger partial charge < -0.3 is 5.32 Å². The highest BCUT2D eigenvalue weighted by molar-refractivity contribution is 7.98. The quantitative estimate of drug-likeness (QED) is 0.703. The monoisotopic (exact) mass is 334 g/mol. The van der Waals surface area contributed by atoms with Gasteiger partial charge in [-0.05, 0) is 36.1 Å². The van der Waals surface area contributed by atoms with Crippen LogP contribution in [0.15, 0.2) is 77.8 Å². The van der Waals surface area contributed by atoms with Crippen LogP contribution in [0.1, 0.15) is 15.9 Å². The highest BCUT2D eigenvalue weighted by Gasteiger charge is 2.07. The van der Waals surface area contributed by atoms with Gasteiger partial charge in [-0.2, -0.15) is 0 Å². The average Bonchev–Trinajstić information content (AvgIpc) is 2.67. The number of thioether (sulfide) groups is 1. The van der Waals surface area contributed by atoms with Crippen LogP contribution in [0.3, 0.4) is 0 Å². The molecule has 0 fully saturated rings. The van der Waals surface area contributed by atoms with Crippen molar-refractivity contribution in [3.8, 4) is 11.3 Å². The number of benzene rings is 2. The zero-order valence-electron chi connectivity index (χ0n) is 13.4. The summed E-state index contributed by atoms with van der Waals surface area (Å²) in [6.07, 6.45) is 3.66. The van der Waals surface area contributed by atoms with Crippen molar-refractivity contribution in [1.29, 1.82) is 0 Å². The number of carbonyl (C=O) groups is 1. The Morgan fingerprint density at radius 2 is 1.75 bits per heavy atom. The van der Waals surface area contributed by atoms with Gasteiger partial charge >= 0.3 is 0 Å². The van der Waals surface area contributed by atoms with Crippen molar-refractivity contribution in [2.75, 3.05) is 6.26 Å². The molecule has 0 aliphatic carbocycles. The highest BCUT2D eigenvalue weighted by atomic mass is 32.2. The van der Waals surface area contributed by atoms with Gasteiger partial charge in [-0.25, -0.2) is 0 Å². The Bertz CT molecular complexity index is 799. The molecule has 4 heteroatoms. The van der Waals surface area contributed by atoms with Crippen molar-refractivity contribution >= 4 is 17.7 Å². The lowest BCUT2D eigenvalue weighted by Gasteiger charge is -2.07. The molecular weight excluding hydrogens is 316 g/mol. The van der Waals surface area contributed by atoms with Crippen LogP contribution in [0.4, 0.5) is 0 Å². The number of carbonyl (C=O) groups excluding carboxylic acids is 1. The second kappa shape index (κ2) is 7.79. The van der Waals surface area contributed by atoms with E-state index in [1.54, 1.807) is 18.0 Å². The molecule has 2 aromatic carbocycles. The molecule has 0 saturated carbocycles. The fourth-order valence-electron chi connectivity index (χ4n) is 2.34. The van der Waals surface area contributed by atoms with Gasteiger partial charge in [0, 0.05) is 23.2 Å². The molecule has 1 N–H and O–H groups in total. The molecule has 0 unspecified atom stereocenters. The van der Waals surface area contributed by atoms with Crippen LogP contribution in [-0.4, -0.2) is 17.1 Å². The molecule has 3 aromatic rings. The summed E-state index contributed by atoms with van der Waals surface area (Å²) in [5, 5.41) is 2.93. The summed E-state index contributed by atoms with van der Waals surface area (Å²) in [6.45, 7) is 0.508. The van der Waals surface area contributed by atoms with Crippen molar-refractivity contribution in [2.45, 2.75) is 11.4 Å². The second-order valence-electron chi connectivity index (χ2n) is 5.33. The Morgan fingerprint density at radius 1 is 1.00 bits per heavy atom. The van der Waals surface area contributed by atoms with Gasteiger partial charge in [0.25, 0.3) is 5.91 Å². The lowest BCUT2D eigenvalue weighted by molar-refractivity contribution is 0.0950. The zero-order valence-corrected chi connectivity index (χ0v) is 14.2. The fourth-order valence-corrected chi connectivity index (χ4v) is 2.74. The minimum atomic E-state index is -0.115. The van der Waals surface area contributed by atoms with Crippen LogP contribution in [0, 0.1) is 0 Å². The first-order valence-electron chi connectivity index (χ1n) is 7.69. The summed E-state index contributed by atoms with van der Waals surface area (Å²) in [5.41, 5.74) is 3.54. The second-order valence-corrected chi connectivity index (χ2v) is 6.21. The molecule has 0 aliphatic heterocycles. The largest absolute Gasteiger partial charge is 0.348 e. The van der Waals surface area contributed by atoms with Crippen LogP contribution in [0.5, 0.6) is 0 Å². The van der Waals surface area contributed by atoms with Crippen LogP contribution in [0.25, 0.3) is 11.3 Å². The molecule has 120 valence electrons. The summed E-state index contributed by atoms with van der Waals surface area (Å²) < 4.78 is 0. The number of nitrogens with one attached hydrogen (secondary N) is 1. The maximum Gasteiger partial charge on any atom is 0.253 e. The van der Waals surface area contributed by atoms with Crippen LogP contribution >= 0.6 is 11.8 Å². The maximum atomic E-state index is 12.2. The van der Waals surface area contributed by atoms with Crippen molar-refractivity contribution in [3.05, 3.63) is 84.1 Å². The van der Waals surface area contributed by atoms with Gasteiger partial charge in [0.15, 0.2) is 0 Å². The summed E-state index contributed by atoms with van der Waals surface area (Å²) in [5.74, 6) is -0.115. The molecule has 24 heavy (non-hydrogen) atoms. The molecule has 0 radical (unpaired) electrons. The van der Waals surface area contributed by atoms with Gasteiger partial charge in [-0.1, -0.05) is 42.5 Å². The number of nitrogens with zero attached hydrogens (tertiary/aromatic N) is 1. The van der Waals surface area contributed by atoms with E-state index in [-0.39, 0.29) is 5.91 Å². The average molecular weight is 334 g/mol. The number of rotatable bonds is 5. The SMILES string of the molecule is CSc1ccc(CNC(=O)c2ccc(-c3ccccc3)nc2)cc1. The highest BCUT2D eigenvalue weighted by Crippen LogP contribution is 2.17. The van der Waals surface area contributed by atoms with Crippen molar-refractivity contribution in [2.24, 2.45) is 0 Å². The van der Waals surface area contributed by atoms with Crippen molar-refractivity contribution in [1.82, 2.24) is 10.3 Å². The normalized spacial score (nSPS) is 10.4. The van der Waals surface area contributed by atoms with Gasteiger partial charge in [-0.15, -0.1) is 11.8 Å². The first-order valence-corrected chi connectivity index (χ1v) is 8.91. The molecule has 0 aliphatic rings. The minimum Gasteiger partial charge on any atom is -0.348 e. The van der Waals surface area contributed by atoms with Crippen LogP contribution in [-0.2, 0) is 6.54 Å². The minimum absolute atomic E-state index is 0.115. The van der Waals surface area contributed by atoms with E-state index in [1.165, 1.54) is 4.90 Å². The van der Waals surface area contributed by atoms with E-state index in [2.05, 4.69) is 22.4 Å². The first-order chi connectivity index (χ1) is 11.8. The van der Waals surface area contributed by atoms with Gasteiger partial charge in [0.1, 0.15) is 0 Å². The molecule has 3 rings (SSSR count). The Morgan fingerprint density at radius 3 is 2.38 bits per heavy atom. The third-order valence-electron chi connectivity index (χ3n) is 3.71. The number of amides is 1. The van der Waals surface area contributed by atoms with E-state index in [0.717, 1.165) is 16.8 Å². The molecule has 0 saturated heterocycles. The lowest BCUT2D eigenvalue weighted by Crippen LogP contribution is -2.22. The summed E-state index contributed by atoms with van der Waals surface area (Å²) in [7, 11) is 0. The number of aromatic nitrogens is 1. The molecule has 1 amide bonds.